The van der Waals surface area contributed by atoms with Crippen LogP contribution in [0.4, 0.5) is 5.69 Å². The van der Waals surface area contributed by atoms with Gasteiger partial charge in [-0.1, -0.05) is 13.0 Å². The molecule has 0 saturated heterocycles. The summed E-state index contributed by atoms with van der Waals surface area (Å²) >= 11 is 8.64. The highest BCUT2D eigenvalue weighted by Gasteiger charge is 2.11. The van der Waals surface area contributed by atoms with Crippen molar-refractivity contribution in [2.45, 2.75) is 20.3 Å². The fourth-order valence-electron chi connectivity index (χ4n) is 2.14. The van der Waals surface area contributed by atoms with Crippen molar-refractivity contribution in [3.8, 4) is 11.5 Å². The van der Waals surface area contributed by atoms with Gasteiger partial charge >= 0.3 is 0 Å². The van der Waals surface area contributed by atoms with E-state index >= 15 is 0 Å². The topological polar surface area (TPSA) is 59.6 Å². The Hall–Kier alpha value is -2.12. The maximum absolute atomic E-state index is 12.4. The van der Waals surface area contributed by atoms with Crippen LogP contribution in [0.5, 0.6) is 11.5 Å². The zero-order valence-electron chi connectivity index (χ0n) is 14.7. The lowest BCUT2D eigenvalue weighted by Crippen LogP contribution is -2.34. The first kappa shape index (κ1) is 20.2. The molecule has 1 amide bonds. The number of ether oxygens (including phenoxy) is 2. The molecule has 2 aromatic carbocycles. The summed E-state index contributed by atoms with van der Waals surface area (Å²) < 4.78 is 11.8. The van der Waals surface area contributed by atoms with Crippen LogP contribution in [0, 0.1) is 0 Å². The van der Waals surface area contributed by atoms with E-state index in [0.29, 0.717) is 24.5 Å². The van der Waals surface area contributed by atoms with E-state index in [9.17, 15) is 4.79 Å². The van der Waals surface area contributed by atoms with Gasteiger partial charge in [0.05, 0.1) is 17.7 Å². The molecule has 2 rings (SSSR count). The van der Waals surface area contributed by atoms with Crippen LogP contribution in [0.25, 0.3) is 0 Å². The summed E-state index contributed by atoms with van der Waals surface area (Å²) in [6.07, 6.45) is 0.916. The second kappa shape index (κ2) is 10.1. The van der Waals surface area contributed by atoms with Gasteiger partial charge in [-0.05, 0) is 71.8 Å². The molecule has 0 aliphatic heterocycles. The van der Waals surface area contributed by atoms with E-state index in [4.69, 9.17) is 21.7 Å². The third-order valence-corrected chi connectivity index (χ3v) is 4.11. The van der Waals surface area contributed by atoms with Crippen LogP contribution in [0.15, 0.2) is 46.9 Å². The Kier molecular flexibility index (Phi) is 7.87. The number of amides is 1. The molecule has 0 atom stereocenters. The lowest BCUT2D eigenvalue weighted by molar-refractivity contribution is 0.0977. The molecule has 0 aromatic heterocycles. The van der Waals surface area contributed by atoms with Crippen LogP contribution in [-0.4, -0.2) is 24.2 Å². The highest BCUT2D eigenvalue weighted by Crippen LogP contribution is 2.26. The van der Waals surface area contributed by atoms with Crippen LogP contribution in [0.2, 0.25) is 0 Å². The van der Waals surface area contributed by atoms with E-state index in [1.54, 1.807) is 18.2 Å². The number of carbonyl (C=O) groups is 1. The highest BCUT2D eigenvalue weighted by atomic mass is 79.9. The van der Waals surface area contributed by atoms with Crippen LogP contribution >= 0.6 is 28.1 Å². The normalized spacial score (nSPS) is 10.1. The van der Waals surface area contributed by atoms with Gasteiger partial charge in [0.1, 0.15) is 11.5 Å². The van der Waals surface area contributed by atoms with E-state index in [-0.39, 0.29) is 11.0 Å². The standard InChI is InChI=1S/C19H21BrN2O3S/c1-3-10-25-17-9-8-13(11-16(17)20)18(23)22-19(26)21-14-6-5-7-15(12-14)24-4-2/h5-9,11-12H,3-4,10H2,1-2H3,(H2,21,22,23,26). The van der Waals surface area contributed by atoms with Crippen molar-refractivity contribution >= 4 is 44.9 Å². The number of hydrogen-bond acceptors (Lipinski definition) is 4. The van der Waals surface area contributed by atoms with Crippen LogP contribution < -0.4 is 20.1 Å². The van der Waals surface area contributed by atoms with Crippen LogP contribution in [0.1, 0.15) is 30.6 Å². The van der Waals surface area contributed by atoms with E-state index in [0.717, 1.165) is 22.3 Å². The molecule has 0 bridgehead atoms. The minimum atomic E-state index is -0.300. The molecule has 0 saturated carbocycles. The number of anilines is 1. The van der Waals surface area contributed by atoms with Gasteiger partial charge in [0.15, 0.2) is 5.11 Å². The zero-order chi connectivity index (χ0) is 18.9. The first-order valence-electron chi connectivity index (χ1n) is 8.31. The molecular formula is C19H21BrN2O3S. The van der Waals surface area contributed by atoms with Crippen molar-refractivity contribution in [1.82, 2.24) is 5.32 Å². The molecule has 2 N–H and O–H groups in total. The number of rotatable bonds is 7. The summed E-state index contributed by atoms with van der Waals surface area (Å²) in [5, 5.41) is 5.86. The fraction of sp³-hybridized carbons (Fsp3) is 0.263. The second-order valence-corrected chi connectivity index (χ2v) is 6.63. The minimum Gasteiger partial charge on any atom is -0.494 e. The minimum absolute atomic E-state index is 0.214. The third kappa shape index (κ3) is 6.00. The maximum Gasteiger partial charge on any atom is 0.257 e. The molecule has 138 valence electrons. The molecule has 0 aliphatic carbocycles. The Morgan fingerprint density at radius 3 is 2.65 bits per heavy atom. The molecule has 0 radical (unpaired) electrons. The number of halogens is 1. The molecule has 0 spiro atoms. The predicted molar refractivity (Wildman–Crippen MR) is 111 cm³/mol. The van der Waals surface area contributed by atoms with Crippen LogP contribution in [-0.2, 0) is 0 Å². The lowest BCUT2D eigenvalue weighted by Gasteiger charge is -2.12. The summed E-state index contributed by atoms with van der Waals surface area (Å²) in [6, 6.07) is 12.5. The Labute approximate surface area is 167 Å². The Morgan fingerprint density at radius 2 is 1.96 bits per heavy atom. The largest absolute Gasteiger partial charge is 0.494 e. The number of benzene rings is 2. The number of nitrogens with one attached hydrogen (secondary N) is 2. The van der Waals surface area contributed by atoms with Gasteiger partial charge in [0.2, 0.25) is 0 Å². The lowest BCUT2D eigenvalue weighted by atomic mass is 10.2. The van der Waals surface area contributed by atoms with Gasteiger partial charge in [0, 0.05) is 17.3 Å². The molecule has 7 heteroatoms. The first-order valence-corrected chi connectivity index (χ1v) is 9.51. The number of thiocarbonyl (C=S) groups is 1. The molecule has 0 aliphatic rings. The molecule has 0 heterocycles. The number of carbonyl (C=O) groups excluding carboxylic acids is 1. The summed E-state index contributed by atoms with van der Waals surface area (Å²) in [5.74, 6) is 1.14. The fourth-order valence-corrected chi connectivity index (χ4v) is 2.84. The summed E-state index contributed by atoms with van der Waals surface area (Å²) in [6.45, 7) is 5.16. The molecule has 2 aromatic rings. The van der Waals surface area contributed by atoms with Crippen molar-refractivity contribution in [2.75, 3.05) is 18.5 Å². The smallest absolute Gasteiger partial charge is 0.257 e. The SMILES string of the molecule is CCCOc1ccc(C(=O)NC(=S)Nc2cccc(OCC)c2)cc1Br. The van der Waals surface area contributed by atoms with Crippen molar-refractivity contribution in [3.63, 3.8) is 0 Å². The van der Waals surface area contributed by atoms with E-state index in [1.807, 2.05) is 38.1 Å². The molecule has 5 nitrogen and oxygen atoms in total. The summed E-state index contributed by atoms with van der Waals surface area (Å²) in [7, 11) is 0. The van der Waals surface area contributed by atoms with Crippen molar-refractivity contribution in [2.24, 2.45) is 0 Å². The molecule has 0 unspecified atom stereocenters. The van der Waals surface area contributed by atoms with Crippen molar-refractivity contribution < 1.29 is 14.3 Å². The Morgan fingerprint density at radius 1 is 1.15 bits per heavy atom. The average molecular weight is 437 g/mol. The van der Waals surface area contributed by atoms with E-state index in [2.05, 4.69) is 26.6 Å². The molecule has 0 fully saturated rings. The van der Waals surface area contributed by atoms with Crippen LogP contribution in [0.3, 0.4) is 0 Å². The monoisotopic (exact) mass is 436 g/mol. The average Bonchev–Trinajstić information content (AvgIpc) is 2.61. The van der Waals surface area contributed by atoms with Gasteiger partial charge in [-0.2, -0.15) is 0 Å². The maximum atomic E-state index is 12.4. The second-order valence-electron chi connectivity index (χ2n) is 5.36. The predicted octanol–water partition coefficient (Wildman–Crippen LogP) is 4.76. The molecule has 26 heavy (non-hydrogen) atoms. The van der Waals surface area contributed by atoms with Gasteiger partial charge in [0.25, 0.3) is 5.91 Å². The molecular weight excluding hydrogens is 416 g/mol. The Bertz CT molecular complexity index is 783. The summed E-state index contributed by atoms with van der Waals surface area (Å²) in [4.78, 5) is 12.4. The van der Waals surface area contributed by atoms with Crippen molar-refractivity contribution in [1.29, 1.82) is 0 Å². The first-order chi connectivity index (χ1) is 12.5. The zero-order valence-corrected chi connectivity index (χ0v) is 17.1. The van der Waals surface area contributed by atoms with Crippen molar-refractivity contribution in [3.05, 3.63) is 52.5 Å². The van der Waals surface area contributed by atoms with E-state index < -0.39 is 0 Å². The number of hydrogen-bond donors (Lipinski definition) is 2. The van der Waals surface area contributed by atoms with Gasteiger partial charge in [-0.15, -0.1) is 0 Å². The van der Waals surface area contributed by atoms with Gasteiger partial charge < -0.3 is 14.8 Å². The quantitative estimate of drug-likeness (QED) is 0.612. The van der Waals surface area contributed by atoms with Gasteiger partial charge in [-0.25, -0.2) is 0 Å². The third-order valence-electron chi connectivity index (χ3n) is 3.29. The van der Waals surface area contributed by atoms with Gasteiger partial charge in [-0.3, -0.25) is 10.1 Å². The van der Waals surface area contributed by atoms with E-state index in [1.165, 1.54) is 0 Å². The summed E-state index contributed by atoms with van der Waals surface area (Å²) in [5.41, 5.74) is 1.22. The Balaban J connectivity index is 1.97. The highest BCUT2D eigenvalue weighted by molar-refractivity contribution is 9.10.